The van der Waals surface area contributed by atoms with Crippen molar-refractivity contribution in [2.75, 3.05) is 0 Å². The minimum Gasteiger partial charge on any atom is -0.324 e. The fourth-order valence-corrected chi connectivity index (χ4v) is 3.06. The van der Waals surface area contributed by atoms with Gasteiger partial charge in [-0.05, 0) is 57.4 Å². The molecule has 1 saturated carbocycles. The SMILES string of the molecule is NC(c1ccc(F)c(Br)c1)C1CC1c1ccccc1. The highest BCUT2D eigenvalue weighted by atomic mass is 79.9. The van der Waals surface area contributed by atoms with Crippen molar-refractivity contribution < 1.29 is 4.39 Å². The van der Waals surface area contributed by atoms with E-state index in [1.807, 2.05) is 6.07 Å². The highest BCUT2D eigenvalue weighted by molar-refractivity contribution is 9.10. The summed E-state index contributed by atoms with van der Waals surface area (Å²) in [6.07, 6.45) is 1.11. The Morgan fingerprint density at radius 1 is 1.16 bits per heavy atom. The molecule has 2 N–H and O–H groups in total. The van der Waals surface area contributed by atoms with Crippen molar-refractivity contribution in [3.05, 3.63) is 69.9 Å². The van der Waals surface area contributed by atoms with Crippen LogP contribution in [0.3, 0.4) is 0 Å². The second kappa shape index (κ2) is 5.06. The highest BCUT2D eigenvalue weighted by Gasteiger charge is 2.42. The van der Waals surface area contributed by atoms with Gasteiger partial charge >= 0.3 is 0 Å². The van der Waals surface area contributed by atoms with Gasteiger partial charge in [-0.1, -0.05) is 36.4 Å². The topological polar surface area (TPSA) is 26.0 Å². The summed E-state index contributed by atoms with van der Waals surface area (Å²) in [4.78, 5) is 0. The van der Waals surface area contributed by atoms with E-state index in [1.54, 1.807) is 12.1 Å². The lowest BCUT2D eigenvalue weighted by atomic mass is 9.99. The van der Waals surface area contributed by atoms with Crippen LogP contribution in [0.25, 0.3) is 0 Å². The summed E-state index contributed by atoms with van der Waals surface area (Å²) in [5, 5.41) is 0. The van der Waals surface area contributed by atoms with Gasteiger partial charge in [-0.15, -0.1) is 0 Å². The molecule has 0 aliphatic heterocycles. The largest absolute Gasteiger partial charge is 0.324 e. The molecule has 98 valence electrons. The lowest BCUT2D eigenvalue weighted by Crippen LogP contribution is -2.13. The van der Waals surface area contributed by atoms with Crippen molar-refractivity contribution in [3.8, 4) is 0 Å². The third kappa shape index (κ3) is 2.58. The average molecular weight is 320 g/mol. The van der Waals surface area contributed by atoms with Gasteiger partial charge in [-0.25, -0.2) is 4.39 Å². The summed E-state index contributed by atoms with van der Waals surface area (Å²) in [6, 6.07) is 15.5. The molecule has 0 aromatic heterocycles. The molecule has 0 bridgehead atoms. The summed E-state index contributed by atoms with van der Waals surface area (Å²) < 4.78 is 13.7. The Morgan fingerprint density at radius 2 is 1.89 bits per heavy atom. The van der Waals surface area contributed by atoms with Crippen LogP contribution in [-0.4, -0.2) is 0 Å². The zero-order valence-corrected chi connectivity index (χ0v) is 12.0. The molecule has 3 unspecified atom stereocenters. The Kier molecular flexibility index (Phi) is 3.42. The third-order valence-corrected chi connectivity index (χ3v) is 4.47. The predicted molar refractivity (Wildman–Crippen MR) is 78.3 cm³/mol. The van der Waals surface area contributed by atoms with E-state index in [1.165, 1.54) is 11.6 Å². The monoisotopic (exact) mass is 319 g/mol. The second-order valence-electron chi connectivity index (χ2n) is 5.12. The van der Waals surface area contributed by atoms with Crippen LogP contribution >= 0.6 is 15.9 Å². The zero-order valence-electron chi connectivity index (χ0n) is 10.4. The van der Waals surface area contributed by atoms with E-state index in [2.05, 4.69) is 40.2 Å². The molecule has 0 heterocycles. The van der Waals surface area contributed by atoms with Crippen LogP contribution in [0.4, 0.5) is 4.39 Å². The molecule has 2 aromatic carbocycles. The molecule has 3 rings (SSSR count). The highest BCUT2D eigenvalue weighted by Crippen LogP contribution is 2.53. The third-order valence-electron chi connectivity index (χ3n) is 3.86. The molecular weight excluding hydrogens is 305 g/mol. The van der Waals surface area contributed by atoms with E-state index in [9.17, 15) is 4.39 Å². The molecule has 2 aromatic rings. The van der Waals surface area contributed by atoms with Gasteiger partial charge < -0.3 is 5.73 Å². The van der Waals surface area contributed by atoms with Gasteiger partial charge in [0.05, 0.1) is 4.47 Å². The van der Waals surface area contributed by atoms with E-state index in [4.69, 9.17) is 5.73 Å². The number of benzene rings is 2. The van der Waals surface area contributed by atoms with Crippen molar-refractivity contribution in [2.45, 2.75) is 18.4 Å². The quantitative estimate of drug-likeness (QED) is 0.892. The summed E-state index contributed by atoms with van der Waals surface area (Å²) in [5.41, 5.74) is 8.65. The van der Waals surface area contributed by atoms with Crippen LogP contribution in [0, 0.1) is 11.7 Å². The summed E-state index contributed by atoms with van der Waals surface area (Å²) in [7, 11) is 0. The minimum atomic E-state index is -0.244. The van der Waals surface area contributed by atoms with Crippen molar-refractivity contribution in [3.63, 3.8) is 0 Å². The fourth-order valence-electron chi connectivity index (χ4n) is 2.66. The first-order chi connectivity index (χ1) is 9.16. The molecule has 1 aliphatic rings. The molecule has 1 aliphatic carbocycles. The lowest BCUT2D eigenvalue weighted by molar-refractivity contribution is 0.600. The Balaban J connectivity index is 1.76. The van der Waals surface area contributed by atoms with Crippen molar-refractivity contribution in [1.82, 2.24) is 0 Å². The molecule has 19 heavy (non-hydrogen) atoms. The van der Waals surface area contributed by atoms with Crippen LogP contribution in [0.2, 0.25) is 0 Å². The first kappa shape index (κ1) is 12.8. The number of hydrogen-bond acceptors (Lipinski definition) is 1. The maximum absolute atomic E-state index is 13.2. The van der Waals surface area contributed by atoms with Gasteiger partial charge in [0, 0.05) is 6.04 Å². The minimum absolute atomic E-state index is 0.0258. The number of halogens is 2. The Hall–Kier alpha value is -1.19. The Morgan fingerprint density at radius 3 is 2.58 bits per heavy atom. The second-order valence-corrected chi connectivity index (χ2v) is 5.97. The van der Waals surface area contributed by atoms with Crippen LogP contribution in [0.5, 0.6) is 0 Å². The van der Waals surface area contributed by atoms with Gasteiger partial charge in [-0.3, -0.25) is 0 Å². The van der Waals surface area contributed by atoms with Crippen molar-refractivity contribution in [2.24, 2.45) is 11.7 Å². The molecular formula is C16H15BrFN. The maximum atomic E-state index is 13.2. The number of rotatable bonds is 3. The fraction of sp³-hybridized carbons (Fsp3) is 0.250. The molecule has 1 fully saturated rings. The molecule has 0 spiro atoms. The van der Waals surface area contributed by atoms with Crippen LogP contribution < -0.4 is 5.73 Å². The predicted octanol–water partition coefficient (Wildman–Crippen LogP) is 4.39. The average Bonchev–Trinajstić information content (AvgIpc) is 3.22. The summed E-state index contributed by atoms with van der Waals surface area (Å²) >= 11 is 3.21. The van der Waals surface area contributed by atoms with Gasteiger partial charge in [0.15, 0.2) is 0 Å². The summed E-state index contributed by atoms with van der Waals surface area (Å²) in [5.74, 6) is 0.756. The Labute approximate surface area is 120 Å². The standard InChI is InChI=1S/C16H15BrFN/c17-14-8-11(6-7-15(14)18)16(19)13-9-12(13)10-4-2-1-3-5-10/h1-8,12-13,16H,9,19H2. The Bertz CT molecular complexity index is 585. The lowest BCUT2D eigenvalue weighted by Gasteiger charge is -2.12. The number of nitrogens with two attached hydrogens (primary N) is 1. The van der Waals surface area contributed by atoms with Gasteiger partial charge in [0.1, 0.15) is 5.82 Å². The van der Waals surface area contributed by atoms with Crippen molar-refractivity contribution >= 4 is 15.9 Å². The molecule has 1 nitrogen and oxygen atoms in total. The molecule has 0 amide bonds. The van der Waals surface area contributed by atoms with Crippen molar-refractivity contribution in [1.29, 1.82) is 0 Å². The molecule has 0 radical (unpaired) electrons. The van der Waals surface area contributed by atoms with E-state index in [0.29, 0.717) is 16.3 Å². The normalized spacial score (nSPS) is 23.1. The maximum Gasteiger partial charge on any atom is 0.137 e. The zero-order chi connectivity index (χ0) is 13.4. The van der Waals surface area contributed by atoms with Gasteiger partial charge in [0.25, 0.3) is 0 Å². The van der Waals surface area contributed by atoms with E-state index >= 15 is 0 Å². The molecule has 3 heteroatoms. The first-order valence-electron chi connectivity index (χ1n) is 6.42. The van der Waals surface area contributed by atoms with Gasteiger partial charge in [-0.2, -0.15) is 0 Å². The van der Waals surface area contributed by atoms with Crippen LogP contribution in [-0.2, 0) is 0 Å². The number of hydrogen-bond donors (Lipinski definition) is 1. The molecule has 0 saturated heterocycles. The van der Waals surface area contributed by atoms with Crippen LogP contribution in [0.15, 0.2) is 53.0 Å². The molecule has 3 atom stereocenters. The van der Waals surface area contributed by atoms with Gasteiger partial charge in [0.2, 0.25) is 0 Å². The van der Waals surface area contributed by atoms with E-state index in [0.717, 1.165) is 12.0 Å². The van der Waals surface area contributed by atoms with E-state index in [-0.39, 0.29) is 11.9 Å². The first-order valence-corrected chi connectivity index (χ1v) is 7.21. The smallest absolute Gasteiger partial charge is 0.137 e. The van der Waals surface area contributed by atoms with Crippen LogP contribution in [0.1, 0.15) is 29.5 Å². The van der Waals surface area contributed by atoms with E-state index < -0.39 is 0 Å². The summed E-state index contributed by atoms with van der Waals surface area (Å²) in [6.45, 7) is 0.